The van der Waals surface area contributed by atoms with Gasteiger partial charge in [-0.3, -0.25) is 4.90 Å². The third-order valence-corrected chi connectivity index (χ3v) is 2.45. The molecule has 2 nitrogen and oxygen atoms in total. The van der Waals surface area contributed by atoms with Gasteiger partial charge in [-0.25, -0.2) is 0 Å². The number of nitrogens with one attached hydrogen (secondary N) is 1. The molecule has 72 valence electrons. The zero-order chi connectivity index (χ0) is 9.19. The third-order valence-electron chi connectivity index (χ3n) is 2.45. The van der Waals surface area contributed by atoms with E-state index in [-0.39, 0.29) is 0 Å². The highest BCUT2D eigenvalue weighted by molar-refractivity contribution is 4.91. The minimum atomic E-state index is 0.345. The predicted octanol–water partition coefficient (Wildman–Crippen LogP) is 1.47. The summed E-state index contributed by atoms with van der Waals surface area (Å²) in [4.78, 5) is 2.61. The Hall–Kier alpha value is -0.0800. The van der Waals surface area contributed by atoms with Crippen LogP contribution in [0, 0.1) is 0 Å². The summed E-state index contributed by atoms with van der Waals surface area (Å²) in [6, 6.07) is 0.873. The maximum absolute atomic E-state index is 3.21. The summed E-state index contributed by atoms with van der Waals surface area (Å²) in [7, 11) is 2.02. The summed E-state index contributed by atoms with van der Waals surface area (Å²) < 4.78 is 0. The van der Waals surface area contributed by atoms with Crippen LogP contribution >= 0.6 is 0 Å². The van der Waals surface area contributed by atoms with Gasteiger partial charge in [-0.05, 0) is 40.7 Å². The maximum Gasteiger partial charge on any atom is 0.0128 e. The summed E-state index contributed by atoms with van der Waals surface area (Å²) >= 11 is 0. The molecule has 0 aromatic rings. The number of likely N-dealkylation sites (N-methyl/N-ethyl adjacent to an activating group) is 1. The van der Waals surface area contributed by atoms with Crippen molar-refractivity contribution in [2.45, 2.75) is 45.2 Å². The molecule has 0 aliphatic heterocycles. The van der Waals surface area contributed by atoms with Gasteiger partial charge in [0.05, 0.1) is 0 Å². The molecule has 1 aliphatic carbocycles. The summed E-state index contributed by atoms with van der Waals surface area (Å²) in [6.07, 6.45) is 2.81. The van der Waals surface area contributed by atoms with Gasteiger partial charge < -0.3 is 5.32 Å². The first-order valence-corrected chi connectivity index (χ1v) is 4.97. The number of nitrogens with zero attached hydrogens (tertiary/aromatic N) is 1. The van der Waals surface area contributed by atoms with Crippen LogP contribution in [0.15, 0.2) is 0 Å². The number of hydrogen-bond acceptors (Lipinski definition) is 2. The highest BCUT2D eigenvalue weighted by Crippen LogP contribution is 2.31. The number of rotatable bonds is 4. The van der Waals surface area contributed by atoms with Crippen LogP contribution in [0.3, 0.4) is 0 Å². The standard InChI is InChI=1S/C10H22N2/c1-10(2,3)12(8-7-11-4)9-5-6-9/h9,11H,5-8H2,1-4H3. The van der Waals surface area contributed by atoms with Crippen molar-refractivity contribution in [2.75, 3.05) is 20.1 Å². The van der Waals surface area contributed by atoms with Gasteiger partial charge in [-0.2, -0.15) is 0 Å². The van der Waals surface area contributed by atoms with Gasteiger partial charge in [0.25, 0.3) is 0 Å². The van der Waals surface area contributed by atoms with E-state index in [1.54, 1.807) is 0 Å². The van der Waals surface area contributed by atoms with E-state index in [1.165, 1.54) is 19.4 Å². The predicted molar refractivity (Wildman–Crippen MR) is 53.4 cm³/mol. The van der Waals surface area contributed by atoms with E-state index in [0.717, 1.165) is 12.6 Å². The van der Waals surface area contributed by atoms with Crippen molar-refractivity contribution in [3.05, 3.63) is 0 Å². The van der Waals surface area contributed by atoms with Crippen LogP contribution in [0.2, 0.25) is 0 Å². The third kappa shape index (κ3) is 2.76. The minimum absolute atomic E-state index is 0.345. The lowest BCUT2D eigenvalue weighted by Gasteiger charge is -2.35. The largest absolute Gasteiger partial charge is 0.318 e. The molecule has 0 unspecified atom stereocenters. The van der Waals surface area contributed by atoms with Crippen LogP contribution in [0.1, 0.15) is 33.6 Å². The van der Waals surface area contributed by atoms with Crippen molar-refractivity contribution in [1.29, 1.82) is 0 Å². The summed E-state index contributed by atoms with van der Waals surface area (Å²) in [5.41, 5.74) is 0.345. The Bertz CT molecular complexity index is 133. The van der Waals surface area contributed by atoms with E-state index in [9.17, 15) is 0 Å². The van der Waals surface area contributed by atoms with Gasteiger partial charge in [-0.1, -0.05) is 0 Å². The maximum atomic E-state index is 3.21. The van der Waals surface area contributed by atoms with Crippen LogP contribution in [0.5, 0.6) is 0 Å². The quantitative estimate of drug-likeness (QED) is 0.687. The van der Waals surface area contributed by atoms with Gasteiger partial charge in [0, 0.05) is 24.7 Å². The molecule has 0 aromatic carbocycles. The van der Waals surface area contributed by atoms with Crippen molar-refractivity contribution < 1.29 is 0 Å². The Kier molecular flexibility index (Phi) is 3.13. The van der Waals surface area contributed by atoms with E-state index < -0.39 is 0 Å². The molecular formula is C10H22N2. The summed E-state index contributed by atoms with van der Waals surface area (Å²) in [5, 5.41) is 3.21. The van der Waals surface area contributed by atoms with E-state index in [4.69, 9.17) is 0 Å². The SMILES string of the molecule is CNCCN(C1CC1)C(C)(C)C. The lowest BCUT2D eigenvalue weighted by atomic mass is 10.1. The Morgan fingerprint density at radius 3 is 2.25 bits per heavy atom. The van der Waals surface area contributed by atoms with Gasteiger partial charge in [0.15, 0.2) is 0 Å². The van der Waals surface area contributed by atoms with Gasteiger partial charge >= 0.3 is 0 Å². The molecule has 0 aromatic heterocycles. The normalized spacial score (nSPS) is 18.8. The second kappa shape index (κ2) is 3.75. The molecule has 0 heterocycles. The number of hydrogen-bond donors (Lipinski definition) is 1. The van der Waals surface area contributed by atoms with E-state index in [0.29, 0.717) is 5.54 Å². The van der Waals surface area contributed by atoms with Crippen molar-refractivity contribution in [2.24, 2.45) is 0 Å². The highest BCUT2D eigenvalue weighted by atomic mass is 15.2. The average Bonchev–Trinajstić information content (AvgIpc) is 2.69. The monoisotopic (exact) mass is 170 g/mol. The molecule has 2 heteroatoms. The zero-order valence-electron chi connectivity index (χ0n) is 8.85. The Labute approximate surface area is 76.3 Å². The van der Waals surface area contributed by atoms with Gasteiger partial charge in [0.1, 0.15) is 0 Å². The van der Waals surface area contributed by atoms with E-state index >= 15 is 0 Å². The minimum Gasteiger partial charge on any atom is -0.318 e. The van der Waals surface area contributed by atoms with Crippen molar-refractivity contribution >= 4 is 0 Å². The molecule has 0 radical (unpaired) electrons. The first-order valence-electron chi connectivity index (χ1n) is 4.97. The topological polar surface area (TPSA) is 15.3 Å². The smallest absolute Gasteiger partial charge is 0.0128 e. The molecule has 1 fully saturated rings. The fourth-order valence-corrected chi connectivity index (χ4v) is 1.68. The molecule has 0 spiro atoms. The fraction of sp³-hybridized carbons (Fsp3) is 1.00. The fourth-order valence-electron chi connectivity index (χ4n) is 1.68. The lowest BCUT2D eigenvalue weighted by molar-refractivity contribution is 0.129. The lowest BCUT2D eigenvalue weighted by Crippen LogP contribution is -2.45. The van der Waals surface area contributed by atoms with Gasteiger partial charge in [-0.15, -0.1) is 0 Å². The molecule has 0 saturated heterocycles. The zero-order valence-corrected chi connectivity index (χ0v) is 8.85. The molecule has 0 bridgehead atoms. The van der Waals surface area contributed by atoms with Crippen LogP contribution < -0.4 is 5.32 Å². The van der Waals surface area contributed by atoms with Crippen molar-refractivity contribution in [3.8, 4) is 0 Å². The summed E-state index contributed by atoms with van der Waals surface area (Å²) in [5.74, 6) is 0. The molecule has 0 amide bonds. The molecule has 12 heavy (non-hydrogen) atoms. The molecule has 0 atom stereocenters. The molecule has 1 saturated carbocycles. The summed E-state index contributed by atoms with van der Waals surface area (Å²) in [6.45, 7) is 9.21. The van der Waals surface area contributed by atoms with Crippen LogP contribution in [0.4, 0.5) is 0 Å². The Balaban J connectivity index is 2.38. The molecule has 1 N–H and O–H groups in total. The first kappa shape index (κ1) is 10.0. The van der Waals surface area contributed by atoms with Crippen LogP contribution in [-0.2, 0) is 0 Å². The van der Waals surface area contributed by atoms with E-state index in [2.05, 4.69) is 31.0 Å². The second-order valence-electron chi connectivity index (χ2n) is 4.70. The second-order valence-corrected chi connectivity index (χ2v) is 4.70. The van der Waals surface area contributed by atoms with Crippen molar-refractivity contribution in [1.82, 2.24) is 10.2 Å². The van der Waals surface area contributed by atoms with Gasteiger partial charge in [0.2, 0.25) is 0 Å². The first-order chi connectivity index (χ1) is 5.55. The molecule has 1 aliphatic rings. The molecule has 1 rings (SSSR count). The van der Waals surface area contributed by atoms with Crippen LogP contribution in [0.25, 0.3) is 0 Å². The average molecular weight is 170 g/mol. The van der Waals surface area contributed by atoms with Crippen LogP contribution in [-0.4, -0.2) is 36.6 Å². The van der Waals surface area contributed by atoms with E-state index in [1.807, 2.05) is 7.05 Å². The Morgan fingerprint density at radius 2 is 1.92 bits per heavy atom. The Morgan fingerprint density at radius 1 is 1.33 bits per heavy atom. The molecular weight excluding hydrogens is 148 g/mol. The highest BCUT2D eigenvalue weighted by Gasteiger charge is 2.35. The van der Waals surface area contributed by atoms with Crippen molar-refractivity contribution in [3.63, 3.8) is 0 Å².